The monoisotopic (exact) mass is 332 g/mol. The molecular formula is C16H20N4O4. The number of Topliss-reactive ketones (excluding diaryl/α,β-unsaturated/α-hetero) is 1. The van der Waals surface area contributed by atoms with Gasteiger partial charge in [-0.3, -0.25) is 4.79 Å². The molecule has 4 atom stereocenters. The molecule has 0 unspecified atom stereocenters. The lowest BCUT2D eigenvalue weighted by Crippen LogP contribution is -2.39. The zero-order valence-electron chi connectivity index (χ0n) is 13.2. The van der Waals surface area contributed by atoms with Crippen LogP contribution in [-0.2, 0) is 6.54 Å². The van der Waals surface area contributed by atoms with Crippen molar-refractivity contribution in [2.45, 2.75) is 37.8 Å². The zero-order chi connectivity index (χ0) is 17.3. The Bertz CT molecular complexity index is 718. The molecule has 8 nitrogen and oxygen atoms in total. The highest BCUT2D eigenvalue weighted by Crippen LogP contribution is 2.23. The normalized spacial score (nSPS) is 26.7. The number of aliphatic hydroxyl groups is 3. The first-order valence-corrected chi connectivity index (χ1v) is 7.75. The molecule has 0 amide bonds. The predicted molar refractivity (Wildman–Crippen MR) is 85.3 cm³/mol. The van der Waals surface area contributed by atoms with Crippen molar-refractivity contribution in [1.82, 2.24) is 20.3 Å². The molecule has 0 saturated carbocycles. The molecule has 0 aliphatic carbocycles. The fourth-order valence-electron chi connectivity index (χ4n) is 3.04. The lowest BCUT2D eigenvalue weighted by molar-refractivity contribution is 0.0174. The molecule has 1 fully saturated rings. The van der Waals surface area contributed by atoms with Crippen LogP contribution in [0.3, 0.4) is 0 Å². The second-order valence-corrected chi connectivity index (χ2v) is 5.93. The van der Waals surface area contributed by atoms with E-state index in [0.29, 0.717) is 11.4 Å². The Kier molecular flexibility index (Phi) is 4.72. The smallest absolute Gasteiger partial charge is 0.180 e. The highest BCUT2D eigenvalue weighted by atomic mass is 16.3. The molecule has 0 spiro atoms. The van der Waals surface area contributed by atoms with Gasteiger partial charge in [0.05, 0.1) is 37.4 Å². The van der Waals surface area contributed by atoms with E-state index < -0.39 is 24.3 Å². The van der Waals surface area contributed by atoms with Gasteiger partial charge in [0.2, 0.25) is 0 Å². The van der Waals surface area contributed by atoms with E-state index in [2.05, 4.69) is 15.6 Å². The Labute approximate surface area is 138 Å². The average molecular weight is 332 g/mol. The van der Waals surface area contributed by atoms with Gasteiger partial charge in [0.1, 0.15) is 11.4 Å². The summed E-state index contributed by atoms with van der Waals surface area (Å²) in [6, 6.07) is 8.11. The van der Waals surface area contributed by atoms with Gasteiger partial charge >= 0.3 is 0 Å². The molecule has 1 aliphatic heterocycles. The van der Waals surface area contributed by atoms with Crippen LogP contribution in [-0.4, -0.2) is 67.0 Å². The molecule has 2 aromatic rings. The summed E-state index contributed by atoms with van der Waals surface area (Å²) in [5.74, 6) is -0.189. The highest BCUT2D eigenvalue weighted by molar-refractivity contribution is 5.98. The molecule has 1 aromatic carbocycles. The van der Waals surface area contributed by atoms with Gasteiger partial charge in [-0.2, -0.15) is 0 Å². The molecule has 24 heavy (non-hydrogen) atoms. The maximum absolute atomic E-state index is 12.1. The largest absolute Gasteiger partial charge is 0.395 e. The fraction of sp³-hybridized carbons (Fsp3) is 0.438. The second-order valence-electron chi connectivity index (χ2n) is 5.93. The first-order valence-electron chi connectivity index (χ1n) is 7.75. The van der Waals surface area contributed by atoms with Crippen LogP contribution < -0.4 is 5.32 Å². The lowest BCUT2D eigenvalue weighted by Gasteiger charge is -2.16. The van der Waals surface area contributed by atoms with Gasteiger partial charge in [-0.25, -0.2) is 4.68 Å². The average Bonchev–Trinajstić information content (AvgIpc) is 3.12. The predicted octanol–water partition coefficient (Wildman–Crippen LogP) is -0.798. The Morgan fingerprint density at radius 2 is 1.88 bits per heavy atom. The first kappa shape index (κ1) is 16.7. The van der Waals surface area contributed by atoms with Crippen molar-refractivity contribution in [2.75, 3.05) is 6.61 Å². The standard InChI is InChI=1S/C16H20N4O4/c1-9(22)14-13(10-5-3-2-4-6-10)18-19-20(14)7-11-15(23)16(24)12(8-21)17-11/h2-6,11-12,15-17,21,23-24H,7-8H2,1H3/t11-,12-,15-,16-/m1/s1. The van der Waals surface area contributed by atoms with Crippen LogP contribution in [0.4, 0.5) is 0 Å². The molecule has 1 aliphatic rings. The highest BCUT2D eigenvalue weighted by Gasteiger charge is 2.41. The van der Waals surface area contributed by atoms with Gasteiger partial charge in [-0.15, -0.1) is 5.10 Å². The molecule has 8 heteroatoms. The first-order chi connectivity index (χ1) is 11.5. The molecule has 4 N–H and O–H groups in total. The summed E-state index contributed by atoms with van der Waals surface area (Å²) in [7, 11) is 0. The SMILES string of the molecule is CC(=O)c1c(-c2ccccc2)nnn1C[C@H]1N[C@H](CO)[C@@H](O)[C@@H]1O. The van der Waals surface area contributed by atoms with Crippen molar-refractivity contribution >= 4 is 5.78 Å². The maximum Gasteiger partial charge on any atom is 0.180 e. The van der Waals surface area contributed by atoms with Crippen LogP contribution in [0.1, 0.15) is 17.4 Å². The summed E-state index contributed by atoms with van der Waals surface area (Å²) in [5, 5.41) is 40.3. The van der Waals surface area contributed by atoms with Crippen molar-refractivity contribution in [1.29, 1.82) is 0 Å². The van der Waals surface area contributed by atoms with Crippen LogP contribution >= 0.6 is 0 Å². The molecule has 2 heterocycles. The third-order valence-electron chi connectivity index (χ3n) is 4.28. The number of nitrogens with one attached hydrogen (secondary N) is 1. The summed E-state index contributed by atoms with van der Waals surface area (Å²) in [6.07, 6.45) is -2.13. The van der Waals surface area contributed by atoms with Gasteiger partial charge in [0.15, 0.2) is 5.78 Å². The zero-order valence-corrected chi connectivity index (χ0v) is 13.2. The Hall–Kier alpha value is -2.13. The fourth-order valence-corrected chi connectivity index (χ4v) is 3.04. The topological polar surface area (TPSA) is 121 Å². The minimum atomic E-state index is -1.07. The number of benzene rings is 1. The van der Waals surface area contributed by atoms with E-state index in [4.69, 9.17) is 0 Å². The number of nitrogens with zero attached hydrogens (tertiary/aromatic N) is 3. The van der Waals surface area contributed by atoms with Gasteiger partial charge in [-0.05, 0) is 0 Å². The van der Waals surface area contributed by atoms with Crippen LogP contribution in [0.2, 0.25) is 0 Å². The Morgan fingerprint density at radius 3 is 2.46 bits per heavy atom. The van der Waals surface area contributed by atoms with Gasteiger partial charge in [0, 0.05) is 12.5 Å². The van der Waals surface area contributed by atoms with E-state index in [0.717, 1.165) is 5.56 Å². The summed E-state index contributed by atoms with van der Waals surface area (Å²) >= 11 is 0. The van der Waals surface area contributed by atoms with Gasteiger partial charge in [0.25, 0.3) is 0 Å². The van der Waals surface area contributed by atoms with E-state index in [-0.39, 0.29) is 18.9 Å². The van der Waals surface area contributed by atoms with Crippen molar-refractivity contribution in [3.8, 4) is 11.3 Å². The number of ketones is 1. The third-order valence-corrected chi connectivity index (χ3v) is 4.28. The number of aliphatic hydroxyl groups excluding tert-OH is 3. The molecule has 1 saturated heterocycles. The van der Waals surface area contributed by atoms with Crippen LogP contribution in [0, 0.1) is 0 Å². The van der Waals surface area contributed by atoms with Crippen LogP contribution in [0.5, 0.6) is 0 Å². The molecule has 1 aromatic heterocycles. The number of aromatic nitrogens is 3. The number of hydrogen-bond acceptors (Lipinski definition) is 7. The number of carbonyl (C=O) groups excluding carboxylic acids is 1. The van der Waals surface area contributed by atoms with Crippen LogP contribution in [0.25, 0.3) is 11.3 Å². The lowest BCUT2D eigenvalue weighted by atomic mass is 10.1. The number of carbonyl (C=O) groups is 1. The van der Waals surface area contributed by atoms with Crippen molar-refractivity contribution < 1.29 is 20.1 Å². The quantitative estimate of drug-likeness (QED) is 0.529. The third kappa shape index (κ3) is 2.96. The molecule has 3 rings (SSSR count). The summed E-state index contributed by atoms with van der Waals surface area (Å²) in [4.78, 5) is 12.1. The Morgan fingerprint density at radius 1 is 1.21 bits per heavy atom. The number of hydrogen-bond donors (Lipinski definition) is 4. The molecule has 0 bridgehead atoms. The minimum absolute atomic E-state index is 0.156. The van der Waals surface area contributed by atoms with E-state index >= 15 is 0 Å². The molecular weight excluding hydrogens is 312 g/mol. The van der Waals surface area contributed by atoms with E-state index in [9.17, 15) is 20.1 Å². The van der Waals surface area contributed by atoms with E-state index in [1.54, 1.807) is 0 Å². The van der Waals surface area contributed by atoms with E-state index in [1.807, 2.05) is 30.3 Å². The van der Waals surface area contributed by atoms with Crippen molar-refractivity contribution in [3.63, 3.8) is 0 Å². The van der Waals surface area contributed by atoms with E-state index in [1.165, 1.54) is 11.6 Å². The van der Waals surface area contributed by atoms with Crippen molar-refractivity contribution in [3.05, 3.63) is 36.0 Å². The Balaban J connectivity index is 1.90. The second kappa shape index (κ2) is 6.78. The number of rotatable bonds is 5. The molecule has 128 valence electrons. The summed E-state index contributed by atoms with van der Waals surface area (Å²) < 4.78 is 1.43. The van der Waals surface area contributed by atoms with Gasteiger partial charge < -0.3 is 20.6 Å². The van der Waals surface area contributed by atoms with Crippen LogP contribution in [0.15, 0.2) is 30.3 Å². The molecule has 0 radical (unpaired) electrons. The maximum atomic E-state index is 12.1. The summed E-state index contributed by atoms with van der Waals surface area (Å²) in [5.41, 5.74) is 1.61. The minimum Gasteiger partial charge on any atom is -0.395 e. The summed E-state index contributed by atoms with van der Waals surface area (Å²) in [6.45, 7) is 1.30. The van der Waals surface area contributed by atoms with Gasteiger partial charge in [-0.1, -0.05) is 35.5 Å². The van der Waals surface area contributed by atoms with Crippen molar-refractivity contribution in [2.24, 2.45) is 0 Å².